The van der Waals surface area contributed by atoms with Gasteiger partial charge in [-0.05, 0) is 24.6 Å². The van der Waals surface area contributed by atoms with Crippen molar-refractivity contribution < 1.29 is 9.53 Å². The summed E-state index contributed by atoms with van der Waals surface area (Å²) in [6.07, 6.45) is 0.863. The predicted octanol–water partition coefficient (Wildman–Crippen LogP) is 0.954. The topological polar surface area (TPSA) is 78.3 Å². The van der Waals surface area contributed by atoms with Crippen molar-refractivity contribution in [2.24, 2.45) is 0 Å². The molecule has 0 saturated heterocycles. The first kappa shape index (κ1) is 11.5. The number of aldehydes is 1. The molecule has 0 saturated carbocycles. The highest BCUT2D eigenvalue weighted by atomic mass is 16.5. The zero-order chi connectivity index (χ0) is 11.5. The lowest BCUT2D eigenvalue weighted by molar-refractivity contribution is -0.113. The van der Waals surface area contributed by atoms with Gasteiger partial charge in [0.2, 0.25) is 0 Å². The third kappa shape index (κ3) is 2.27. The van der Waals surface area contributed by atoms with Gasteiger partial charge in [-0.15, -0.1) is 0 Å². The van der Waals surface area contributed by atoms with Crippen LogP contribution in [0.1, 0.15) is 12.5 Å². The molecule has 4 heteroatoms. The van der Waals surface area contributed by atoms with Crippen molar-refractivity contribution in [1.29, 1.82) is 0 Å². The Labute approximate surface area is 89.2 Å². The number of hydrogen-bond donors (Lipinski definition) is 2. The zero-order valence-corrected chi connectivity index (χ0v) is 8.99. The lowest BCUT2D eigenvalue weighted by atomic mass is 9.84. The molecule has 1 atom stereocenters. The smallest absolute Gasteiger partial charge is 0.132 e. The molecule has 15 heavy (non-hydrogen) atoms. The standard InChI is InChI=1S/C11H16N2O2/c1-11(6-14,7-15-2)8-3-4-9(12)10(13)5-8/h3-6H,7,12-13H2,1-2H3. The molecule has 0 aliphatic rings. The summed E-state index contributed by atoms with van der Waals surface area (Å²) in [5, 5.41) is 0. The molecule has 1 aromatic rings. The van der Waals surface area contributed by atoms with Crippen molar-refractivity contribution in [2.75, 3.05) is 25.2 Å². The Morgan fingerprint density at radius 3 is 2.53 bits per heavy atom. The van der Waals surface area contributed by atoms with Crippen molar-refractivity contribution in [3.8, 4) is 0 Å². The molecule has 0 radical (unpaired) electrons. The molecular weight excluding hydrogens is 192 g/mol. The second-order valence-corrected chi connectivity index (χ2v) is 3.81. The van der Waals surface area contributed by atoms with E-state index in [0.717, 1.165) is 11.8 Å². The summed E-state index contributed by atoms with van der Waals surface area (Å²) in [6.45, 7) is 2.12. The summed E-state index contributed by atoms with van der Waals surface area (Å²) in [5.74, 6) is 0. The molecule has 1 aromatic carbocycles. The van der Waals surface area contributed by atoms with E-state index in [-0.39, 0.29) is 0 Å². The van der Waals surface area contributed by atoms with E-state index in [2.05, 4.69) is 0 Å². The van der Waals surface area contributed by atoms with Crippen LogP contribution < -0.4 is 11.5 Å². The van der Waals surface area contributed by atoms with Crippen LogP contribution in [0.3, 0.4) is 0 Å². The first-order valence-electron chi connectivity index (χ1n) is 4.64. The Hall–Kier alpha value is -1.55. The number of nitrogens with two attached hydrogens (primary N) is 2. The van der Waals surface area contributed by atoms with E-state index in [1.54, 1.807) is 32.2 Å². The first-order chi connectivity index (χ1) is 7.03. The molecular formula is C11H16N2O2. The van der Waals surface area contributed by atoms with Crippen LogP contribution in [0.15, 0.2) is 18.2 Å². The zero-order valence-electron chi connectivity index (χ0n) is 8.99. The third-order valence-corrected chi connectivity index (χ3v) is 2.45. The van der Waals surface area contributed by atoms with Gasteiger partial charge in [0.05, 0.1) is 23.4 Å². The molecule has 1 unspecified atom stereocenters. The molecule has 0 heterocycles. The average molecular weight is 208 g/mol. The molecule has 0 fully saturated rings. The van der Waals surface area contributed by atoms with Crippen LogP contribution in [0.2, 0.25) is 0 Å². The lowest BCUT2D eigenvalue weighted by Crippen LogP contribution is -2.29. The number of hydrogen-bond acceptors (Lipinski definition) is 4. The summed E-state index contributed by atoms with van der Waals surface area (Å²) in [4.78, 5) is 11.1. The number of carbonyl (C=O) groups excluding carboxylic acids is 1. The van der Waals surface area contributed by atoms with Gasteiger partial charge in [-0.2, -0.15) is 0 Å². The van der Waals surface area contributed by atoms with Crippen LogP contribution in [-0.2, 0) is 14.9 Å². The minimum absolute atomic E-state index is 0.319. The minimum Gasteiger partial charge on any atom is -0.397 e. The fourth-order valence-electron chi connectivity index (χ4n) is 1.42. The largest absolute Gasteiger partial charge is 0.397 e. The van der Waals surface area contributed by atoms with E-state index in [4.69, 9.17) is 16.2 Å². The van der Waals surface area contributed by atoms with Crippen molar-refractivity contribution in [3.05, 3.63) is 23.8 Å². The normalized spacial score (nSPS) is 14.5. The number of nitrogen functional groups attached to an aromatic ring is 2. The molecule has 4 nitrogen and oxygen atoms in total. The third-order valence-electron chi connectivity index (χ3n) is 2.45. The quantitative estimate of drug-likeness (QED) is 0.570. The second-order valence-electron chi connectivity index (χ2n) is 3.81. The Bertz CT molecular complexity index is 366. The number of benzene rings is 1. The number of ether oxygens (including phenoxy) is 1. The Morgan fingerprint density at radius 1 is 1.40 bits per heavy atom. The molecule has 0 aromatic heterocycles. The second kappa shape index (κ2) is 4.31. The average Bonchev–Trinajstić information content (AvgIpc) is 2.22. The van der Waals surface area contributed by atoms with Crippen molar-refractivity contribution in [2.45, 2.75) is 12.3 Å². The van der Waals surface area contributed by atoms with Gasteiger partial charge in [0.15, 0.2) is 0 Å². The fraction of sp³-hybridized carbons (Fsp3) is 0.364. The van der Waals surface area contributed by atoms with Gasteiger partial charge < -0.3 is 21.0 Å². The van der Waals surface area contributed by atoms with Gasteiger partial charge in [-0.1, -0.05) is 6.07 Å². The fourth-order valence-corrected chi connectivity index (χ4v) is 1.42. The molecule has 0 aliphatic heterocycles. The molecule has 0 bridgehead atoms. The monoisotopic (exact) mass is 208 g/mol. The molecule has 0 spiro atoms. The Morgan fingerprint density at radius 2 is 2.07 bits per heavy atom. The van der Waals surface area contributed by atoms with Crippen LogP contribution in [0.25, 0.3) is 0 Å². The lowest BCUT2D eigenvalue weighted by Gasteiger charge is -2.23. The minimum atomic E-state index is -0.670. The summed E-state index contributed by atoms with van der Waals surface area (Å²) in [7, 11) is 1.56. The van der Waals surface area contributed by atoms with Crippen LogP contribution in [-0.4, -0.2) is 20.0 Å². The maximum Gasteiger partial charge on any atom is 0.132 e. The first-order valence-corrected chi connectivity index (χ1v) is 4.64. The molecule has 0 amide bonds. The highest BCUT2D eigenvalue weighted by molar-refractivity contribution is 5.72. The van der Waals surface area contributed by atoms with Gasteiger partial charge in [0.25, 0.3) is 0 Å². The molecule has 82 valence electrons. The van der Waals surface area contributed by atoms with Crippen molar-refractivity contribution >= 4 is 17.7 Å². The van der Waals surface area contributed by atoms with Gasteiger partial charge in [-0.3, -0.25) is 0 Å². The van der Waals surface area contributed by atoms with Crippen LogP contribution in [0.4, 0.5) is 11.4 Å². The molecule has 4 N–H and O–H groups in total. The summed E-state index contributed by atoms with van der Waals surface area (Å²) in [6, 6.07) is 5.20. The number of rotatable bonds is 4. The van der Waals surface area contributed by atoms with E-state index in [1.807, 2.05) is 0 Å². The molecule has 0 aliphatic carbocycles. The van der Waals surface area contributed by atoms with Crippen LogP contribution in [0, 0.1) is 0 Å². The summed E-state index contributed by atoms with van der Waals surface area (Å²) < 4.78 is 5.02. The van der Waals surface area contributed by atoms with E-state index < -0.39 is 5.41 Å². The van der Waals surface area contributed by atoms with Crippen molar-refractivity contribution in [3.63, 3.8) is 0 Å². The molecule has 1 rings (SSSR count). The van der Waals surface area contributed by atoms with E-state index in [1.165, 1.54) is 0 Å². The predicted molar refractivity (Wildman–Crippen MR) is 60.6 cm³/mol. The van der Waals surface area contributed by atoms with Crippen molar-refractivity contribution in [1.82, 2.24) is 0 Å². The number of anilines is 2. The van der Waals surface area contributed by atoms with Gasteiger partial charge >= 0.3 is 0 Å². The number of carbonyl (C=O) groups is 1. The number of methoxy groups -OCH3 is 1. The van der Waals surface area contributed by atoms with E-state index >= 15 is 0 Å². The van der Waals surface area contributed by atoms with Gasteiger partial charge in [-0.25, -0.2) is 0 Å². The Kier molecular flexibility index (Phi) is 3.31. The van der Waals surface area contributed by atoms with Crippen LogP contribution >= 0.6 is 0 Å². The Balaban J connectivity index is 3.12. The van der Waals surface area contributed by atoms with Gasteiger partial charge in [0.1, 0.15) is 6.29 Å². The van der Waals surface area contributed by atoms with E-state index in [0.29, 0.717) is 18.0 Å². The maximum atomic E-state index is 11.1. The highest BCUT2D eigenvalue weighted by Crippen LogP contribution is 2.26. The van der Waals surface area contributed by atoms with Gasteiger partial charge in [0, 0.05) is 7.11 Å². The van der Waals surface area contributed by atoms with E-state index in [9.17, 15) is 4.79 Å². The summed E-state index contributed by atoms with van der Waals surface area (Å²) in [5.41, 5.74) is 12.4. The maximum absolute atomic E-state index is 11.1. The SMILES string of the molecule is COCC(C)(C=O)c1ccc(N)c(N)c1. The van der Waals surface area contributed by atoms with Crippen LogP contribution in [0.5, 0.6) is 0 Å². The summed E-state index contributed by atoms with van der Waals surface area (Å²) >= 11 is 0. The highest BCUT2D eigenvalue weighted by Gasteiger charge is 2.26.